The molecular formula is C10H19F2NO. The third kappa shape index (κ3) is 4.33. The molecule has 0 aromatic rings. The molecule has 1 aliphatic rings. The number of nitrogens with one attached hydrogen (secondary N) is 1. The van der Waals surface area contributed by atoms with E-state index in [1.165, 1.54) is 0 Å². The second kappa shape index (κ2) is 6.30. The molecule has 0 radical (unpaired) electrons. The van der Waals surface area contributed by atoms with Crippen molar-refractivity contribution >= 4 is 0 Å². The molecule has 0 aliphatic carbocycles. The SMILES string of the molecule is CCCC1CC(NCC(F)F)CCO1. The van der Waals surface area contributed by atoms with E-state index in [1.807, 2.05) is 0 Å². The van der Waals surface area contributed by atoms with Crippen LogP contribution in [-0.2, 0) is 4.74 Å². The highest BCUT2D eigenvalue weighted by molar-refractivity contribution is 4.76. The largest absolute Gasteiger partial charge is 0.378 e. The molecule has 2 atom stereocenters. The lowest BCUT2D eigenvalue weighted by Gasteiger charge is -2.30. The summed E-state index contributed by atoms with van der Waals surface area (Å²) in [6.45, 7) is 2.62. The molecule has 1 saturated heterocycles. The third-order valence-electron chi connectivity index (χ3n) is 2.54. The number of ether oxygens (including phenoxy) is 1. The topological polar surface area (TPSA) is 21.3 Å². The first-order chi connectivity index (χ1) is 6.72. The van der Waals surface area contributed by atoms with Crippen LogP contribution < -0.4 is 5.32 Å². The normalized spacial score (nSPS) is 28.3. The van der Waals surface area contributed by atoms with Gasteiger partial charge < -0.3 is 10.1 Å². The van der Waals surface area contributed by atoms with Crippen molar-refractivity contribution in [2.45, 2.75) is 51.2 Å². The molecule has 0 amide bonds. The summed E-state index contributed by atoms with van der Waals surface area (Å²) in [5.41, 5.74) is 0. The number of hydrogen-bond acceptors (Lipinski definition) is 2. The summed E-state index contributed by atoms with van der Waals surface area (Å²) < 4.78 is 29.4. The fourth-order valence-corrected chi connectivity index (χ4v) is 1.84. The summed E-state index contributed by atoms with van der Waals surface area (Å²) >= 11 is 0. The molecule has 0 aromatic heterocycles. The van der Waals surface area contributed by atoms with Gasteiger partial charge in [0.15, 0.2) is 0 Å². The Labute approximate surface area is 84.0 Å². The Morgan fingerprint density at radius 2 is 2.29 bits per heavy atom. The Kier molecular flexibility index (Phi) is 5.33. The second-order valence-electron chi connectivity index (χ2n) is 3.80. The lowest BCUT2D eigenvalue weighted by Crippen LogP contribution is -2.40. The lowest BCUT2D eigenvalue weighted by molar-refractivity contribution is -0.00583. The van der Waals surface area contributed by atoms with Crippen LogP contribution in [0, 0.1) is 0 Å². The van der Waals surface area contributed by atoms with Crippen LogP contribution in [0.4, 0.5) is 8.78 Å². The van der Waals surface area contributed by atoms with Crippen LogP contribution in [0.15, 0.2) is 0 Å². The molecule has 1 heterocycles. The summed E-state index contributed by atoms with van der Waals surface area (Å²) in [5, 5.41) is 2.88. The molecule has 0 saturated carbocycles. The van der Waals surface area contributed by atoms with Gasteiger partial charge in [0, 0.05) is 12.6 Å². The molecule has 2 unspecified atom stereocenters. The second-order valence-corrected chi connectivity index (χ2v) is 3.80. The number of rotatable bonds is 5. The zero-order valence-corrected chi connectivity index (χ0v) is 8.64. The van der Waals surface area contributed by atoms with E-state index in [9.17, 15) is 8.78 Å². The summed E-state index contributed by atoms with van der Waals surface area (Å²) in [5.74, 6) is 0. The molecule has 14 heavy (non-hydrogen) atoms. The Balaban J connectivity index is 2.18. The Morgan fingerprint density at radius 3 is 2.93 bits per heavy atom. The molecule has 4 heteroatoms. The quantitative estimate of drug-likeness (QED) is 0.746. The van der Waals surface area contributed by atoms with Gasteiger partial charge in [0.25, 0.3) is 6.43 Å². The van der Waals surface area contributed by atoms with Gasteiger partial charge >= 0.3 is 0 Å². The summed E-state index contributed by atoms with van der Waals surface area (Å²) in [6.07, 6.45) is 1.87. The molecule has 2 nitrogen and oxygen atoms in total. The monoisotopic (exact) mass is 207 g/mol. The first-order valence-corrected chi connectivity index (χ1v) is 5.35. The maximum atomic E-state index is 11.9. The van der Waals surface area contributed by atoms with E-state index in [0.29, 0.717) is 6.61 Å². The van der Waals surface area contributed by atoms with E-state index in [0.717, 1.165) is 25.7 Å². The zero-order valence-electron chi connectivity index (χ0n) is 8.64. The van der Waals surface area contributed by atoms with Crippen LogP contribution in [0.3, 0.4) is 0 Å². The van der Waals surface area contributed by atoms with Crippen molar-refractivity contribution in [3.05, 3.63) is 0 Å². The van der Waals surface area contributed by atoms with E-state index < -0.39 is 6.43 Å². The zero-order chi connectivity index (χ0) is 10.4. The molecule has 1 aliphatic heterocycles. The highest BCUT2D eigenvalue weighted by Crippen LogP contribution is 2.17. The van der Waals surface area contributed by atoms with Gasteiger partial charge in [-0.25, -0.2) is 8.78 Å². The molecule has 84 valence electrons. The van der Waals surface area contributed by atoms with Crippen LogP contribution >= 0.6 is 0 Å². The summed E-state index contributed by atoms with van der Waals surface area (Å²) in [7, 11) is 0. The smallest absolute Gasteiger partial charge is 0.250 e. The lowest BCUT2D eigenvalue weighted by atomic mass is 10.0. The van der Waals surface area contributed by atoms with Crippen molar-refractivity contribution in [1.29, 1.82) is 0 Å². The number of hydrogen-bond donors (Lipinski definition) is 1. The van der Waals surface area contributed by atoms with Crippen LogP contribution in [0.2, 0.25) is 0 Å². The van der Waals surface area contributed by atoms with E-state index in [4.69, 9.17) is 4.74 Å². The Bertz CT molecular complexity index is 153. The molecule has 0 bridgehead atoms. The van der Waals surface area contributed by atoms with Gasteiger partial charge in [-0.15, -0.1) is 0 Å². The van der Waals surface area contributed by atoms with E-state index in [-0.39, 0.29) is 18.7 Å². The van der Waals surface area contributed by atoms with E-state index >= 15 is 0 Å². The van der Waals surface area contributed by atoms with Crippen molar-refractivity contribution in [3.8, 4) is 0 Å². The number of halogens is 2. The molecule has 0 aromatic carbocycles. The van der Waals surface area contributed by atoms with Crippen molar-refractivity contribution in [2.24, 2.45) is 0 Å². The van der Waals surface area contributed by atoms with Gasteiger partial charge in [0.2, 0.25) is 0 Å². The minimum absolute atomic E-state index is 0.191. The minimum Gasteiger partial charge on any atom is -0.378 e. The fourth-order valence-electron chi connectivity index (χ4n) is 1.84. The van der Waals surface area contributed by atoms with Gasteiger partial charge in [-0.2, -0.15) is 0 Å². The molecule has 1 N–H and O–H groups in total. The van der Waals surface area contributed by atoms with Crippen LogP contribution in [0.25, 0.3) is 0 Å². The molecule has 0 spiro atoms. The highest BCUT2D eigenvalue weighted by atomic mass is 19.3. The van der Waals surface area contributed by atoms with Gasteiger partial charge in [0.1, 0.15) is 0 Å². The summed E-state index contributed by atoms with van der Waals surface area (Å²) in [6, 6.07) is 0.217. The highest BCUT2D eigenvalue weighted by Gasteiger charge is 2.22. The molecule has 1 rings (SSSR count). The Morgan fingerprint density at radius 1 is 1.50 bits per heavy atom. The average molecular weight is 207 g/mol. The Hall–Kier alpha value is -0.220. The number of alkyl halides is 2. The van der Waals surface area contributed by atoms with E-state index in [2.05, 4.69) is 12.2 Å². The van der Waals surface area contributed by atoms with Crippen LogP contribution in [0.1, 0.15) is 32.6 Å². The predicted molar refractivity (Wildman–Crippen MR) is 51.7 cm³/mol. The van der Waals surface area contributed by atoms with Gasteiger partial charge in [-0.3, -0.25) is 0 Å². The predicted octanol–water partition coefficient (Wildman–Crippen LogP) is 2.19. The fraction of sp³-hybridized carbons (Fsp3) is 1.00. The van der Waals surface area contributed by atoms with Gasteiger partial charge in [-0.05, 0) is 19.3 Å². The minimum atomic E-state index is -2.25. The first kappa shape index (κ1) is 11.9. The standard InChI is InChI=1S/C10H19F2NO/c1-2-3-9-6-8(4-5-14-9)13-7-10(11)12/h8-10,13H,2-7H2,1H3. The van der Waals surface area contributed by atoms with Crippen LogP contribution in [0.5, 0.6) is 0 Å². The average Bonchev–Trinajstić information content (AvgIpc) is 2.16. The molecule has 1 fully saturated rings. The van der Waals surface area contributed by atoms with E-state index in [1.54, 1.807) is 0 Å². The maximum Gasteiger partial charge on any atom is 0.250 e. The maximum absolute atomic E-state index is 11.9. The molecular weight excluding hydrogens is 188 g/mol. The van der Waals surface area contributed by atoms with Crippen molar-refractivity contribution in [3.63, 3.8) is 0 Å². The first-order valence-electron chi connectivity index (χ1n) is 5.35. The van der Waals surface area contributed by atoms with Gasteiger partial charge in [0.05, 0.1) is 12.6 Å². The van der Waals surface area contributed by atoms with Crippen molar-refractivity contribution in [2.75, 3.05) is 13.2 Å². The third-order valence-corrected chi connectivity index (χ3v) is 2.54. The summed E-state index contributed by atoms with van der Waals surface area (Å²) in [4.78, 5) is 0. The van der Waals surface area contributed by atoms with Crippen molar-refractivity contribution in [1.82, 2.24) is 5.32 Å². The van der Waals surface area contributed by atoms with Gasteiger partial charge in [-0.1, -0.05) is 13.3 Å². The van der Waals surface area contributed by atoms with Crippen molar-refractivity contribution < 1.29 is 13.5 Å². The van der Waals surface area contributed by atoms with Crippen LogP contribution in [-0.4, -0.2) is 31.7 Å².